The van der Waals surface area contributed by atoms with Crippen LogP contribution in [0, 0.1) is 5.82 Å². The van der Waals surface area contributed by atoms with Gasteiger partial charge in [0.25, 0.3) is 5.91 Å². The summed E-state index contributed by atoms with van der Waals surface area (Å²) >= 11 is 1.20. The van der Waals surface area contributed by atoms with Crippen LogP contribution in [-0.4, -0.2) is 40.0 Å². The van der Waals surface area contributed by atoms with Crippen molar-refractivity contribution in [2.45, 2.75) is 18.9 Å². The highest BCUT2D eigenvalue weighted by Gasteiger charge is 2.23. The number of halogens is 1. The second kappa shape index (κ2) is 7.79. The average molecular weight is 383 g/mol. The molecule has 1 aliphatic heterocycles. The number of benzene rings is 1. The van der Waals surface area contributed by atoms with E-state index in [4.69, 9.17) is 0 Å². The van der Waals surface area contributed by atoms with Gasteiger partial charge in [-0.3, -0.25) is 4.79 Å². The van der Waals surface area contributed by atoms with Gasteiger partial charge in [0.1, 0.15) is 15.7 Å². The van der Waals surface area contributed by atoms with Crippen molar-refractivity contribution >= 4 is 23.2 Å². The monoisotopic (exact) mass is 383 g/mol. The first-order valence-corrected chi connectivity index (χ1v) is 9.56. The molecule has 138 valence electrons. The summed E-state index contributed by atoms with van der Waals surface area (Å²) in [6.07, 6.45) is 6.61. The molecule has 0 atom stereocenters. The number of carbonyl (C=O) groups excluding carboxylic acids is 1. The molecule has 1 amide bonds. The molecule has 27 heavy (non-hydrogen) atoms. The molecule has 0 spiro atoms. The molecule has 0 saturated carbocycles. The third-order valence-electron chi connectivity index (χ3n) is 4.50. The number of thiazole rings is 1. The number of aromatic nitrogens is 3. The van der Waals surface area contributed by atoms with Crippen LogP contribution in [0.3, 0.4) is 0 Å². The summed E-state index contributed by atoms with van der Waals surface area (Å²) in [5.74, 6) is 0.220. The largest absolute Gasteiger partial charge is 0.348 e. The smallest absolute Gasteiger partial charge is 0.263 e. The van der Waals surface area contributed by atoms with E-state index in [1.165, 1.54) is 23.6 Å². The van der Waals surface area contributed by atoms with Crippen molar-refractivity contribution in [2.75, 3.05) is 18.0 Å². The molecule has 1 saturated heterocycles. The van der Waals surface area contributed by atoms with Gasteiger partial charge in [0, 0.05) is 37.1 Å². The Kier molecular flexibility index (Phi) is 5.06. The lowest BCUT2D eigenvalue weighted by atomic mass is 10.1. The Balaban J connectivity index is 1.36. The summed E-state index contributed by atoms with van der Waals surface area (Å²) in [5.41, 5.74) is 0.415. The number of nitrogens with one attached hydrogen (secondary N) is 1. The quantitative estimate of drug-likeness (QED) is 0.749. The lowest BCUT2D eigenvalue weighted by Gasteiger charge is -2.32. The Morgan fingerprint density at radius 3 is 2.59 bits per heavy atom. The van der Waals surface area contributed by atoms with E-state index in [0.717, 1.165) is 31.9 Å². The maximum atomic E-state index is 13.9. The molecule has 1 fully saturated rings. The van der Waals surface area contributed by atoms with Crippen LogP contribution in [0.25, 0.3) is 10.6 Å². The van der Waals surface area contributed by atoms with E-state index in [9.17, 15) is 9.18 Å². The number of hydrogen-bond donors (Lipinski definition) is 1. The fourth-order valence-corrected chi connectivity index (χ4v) is 3.92. The molecule has 8 heteroatoms. The predicted molar refractivity (Wildman–Crippen MR) is 102 cm³/mol. The van der Waals surface area contributed by atoms with Crippen LogP contribution < -0.4 is 10.2 Å². The molecule has 3 heterocycles. The molecule has 0 bridgehead atoms. The van der Waals surface area contributed by atoms with Crippen LogP contribution in [0.4, 0.5) is 10.3 Å². The second-order valence-corrected chi connectivity index (χ2v) is 7.32. The SMILES string of the molecule is O=C(NC1CCN(c2ncccn2)CC1)c1cnc(-c2ccccc2F)s1. The lowest BCUT2D eigenvalue weighted by Crippen LogP contribution is -2.45. The van der Waals surface area contributed by atoms with Crippen molar-refractivity contribution in [3.63, 3.8) is 0 Å². The topological polar surface area (TPSA) is 71.0 Å². The first kappa shape index (κ1) is 17.5. The van der Waals surface area contributed by atoms with Crippen molar-refractivity contribution in [1.82, 2.24) is 20.3 Å². The van der Waals surface area contributed by atoms with Gasteiger partial charge >= 0.3 is 0 Å². The summed E-state index contributed by atoms with van der Waals surface area (Å²) in [4.78, 5) is 27.9. The zero-order chi connectivity index (χ0) is 18.6. The minimum atomic E-state index is -0.339. The number of amides is 1. The number of piperidine rings is 1. The fraction of sp³-hybridized carbons (Fsp3) is 0.263. The Morgan fingerprint density at radius 1 is 1.11 bits per heavy atom. The Morgan fingerprint density at radius 2 is 1.85 bits per heavy atom. The number of hydrogen-bond acceptors (Lipinski definition) is 6. The Hall–Kier alpha value is -2.87. The lowest BCUT2D eigenvalue weighted by molar-refractivity contribution is 0.0935. The molecule has 1 aliphatic rings. The van der Waals surface area contributed by atoms with Gasteiger partial charge in [0.2, 0.25) is 5.95 Å². The van der Waals surface area contributed by atoms with Gasteiger partial charge in [-0.25, -0.2) is 19.3 Å². The Bertz CT molecular complexity index is 925. The molecule has 6 nitrogen and oxygen atoms in total. The minimum absolute atomic E-state index is 0.0940. The van der Waals surface area contributed by atoms with E-state index in [1.807, 2.05) is 0 Å². The van der Waals surface area contributed by atoms with Gasteiger partial charge < -0.3 is 10.2 Å². The summed E-state index contributed by atoms with van der Waals surface area (Å²) in [5, 5.41) is 3.57. The van der Waals surface area contributed by atoms with Crippen LogP contribution in [0.1, 0.15) is 22.5 Å². The first-order chi connectivity index (χ1) is 13.2. The standard InChI is InChI=1S/C19H18FN5OS/c20-15-5-2-1-4-14(15)18-23-12-16(27-18)17(26)24-13-6-10-25(11-7-13)19-21-8-3-9-22-19/h1-5,8-9,12-13H,6-7,10-11H2,(H,24,26). The Labute approximate surface area is 160 Å². The second-order valence-electron chi connectivity index (χ2n) is 6.29. The van der Waals surface area contributed by atoms with Crippen molar-refractivity contribution in [3.05, 3.63) is 59.6 Å². The van der Waals surface area contributed by atoms with E-state index in [1.54, 1.807) is 36.7 Å². The summed E-state index contributed by atoms with van der Waals surface area (Å²) in [7, 11) is 0. The van der Waals surface area contributed by atoms with Crippen molar-refractivity contribution in [2.24, 2.45) is 0 Å². The number of rotatable bonds is 4. The van der Waals surface area contributed by atoms with Gasteiger partial charge in [0.05, 0.1) is 6.20 Å². The summed E-state index contributed by atoms with van der Waals surface area (Å²) < 4.78 is 13.9. The normalized spacial score (nSPS) is 14.9. The van der Waals surface area contributed by atoms with E-state index in [2.05, 4.69) is 25.2 Å². The van der Waals surface area contributed by atoms with Crippen LogP contribution >= 0.6 is 11.3 Å². The minimum Gasteiger partial charge on any atom is -0.348 e. The molecule has 0 unspecified atom stereocenters. The van der Waals surface area contributed by atoms with E-state index < -0.39 is 0 Å². The summed E-state index contributed by atoms with van der Waals surface area (Å²) in [6, 6.07) is 8.33. The highest BCUT2D eigenvalue weighted by atomic mass is 32.1. The third-order valence-corrected chi connectivity index (χ3v) is 5.53. The van der Waals surface area contributed by atoms with Crippen LogP contribution in [0.5, 0.6) is 0 Å². The third kappa shape index (κ3) is 3.95. The highest BCUT2D eigenvalue weighted by molar-refractivity contribution is 7.16. The highest BCUT2D eigenvalue weighted by Crippen LogP contribution is 2.27. The van der Waals surface area contributed by atoms with Crippen molar-refractivity contribution in [1.29, 1.82) is 0 Å². The fourth-order valence-electron chi connectivity index (χ4n) is 3.07. The number of carbonyl (C=O) groups is 1. The number of nitrogens with zero attached hydrogens (tertiary/aromatic N) is 4. The molecule has 0 radical (unpaired) electrons. The first-order valence-electron chi connectivity index (χ1n) is 8.74. The molecule has 4 rings (SSSR count). The molecule has 0 aliphatic carbocycles. The van der Waals surface area contributed by atoms with Crippen LogP contribution in [0.15, 0.2) is 48.9 Å². The van der Waals surface area contributed by atoms with Gasteiger partial charge in [-0.1, -0.05) is 12.1 Å². The van der Waals surface area contributed by atoms with Gasteiger partial charge in [0.15, 0.2) is 0 Å². The molecule has 2 aromatic heterocycles. The van der Waals surface area contributed by atoms with E-state index in [0.29, 0.717) is 15.4 Å². The van der Waals surface area contributed by atoms with Gasteiger partial charge in [-0.05, 0) is 31.0 Å². The van der Waals surface area contributed by atoms with Crippen molar-refractivity contribution < 1.29 is 9.18 Å². The average Bonchev–Trinajstić information content (AvgIpc) is 3.20. The number of anilines is 1. The van der Waals surface area contributed by atoms with Crippen LogP contribution in [-0.2, 0) is 0 Å². The molecular formula is C19H18FN5OS. The van der Waals surface area contributed by atoms with Gasteiger partial charge in [-0.2, -0.15) is 0 Å². The molecule has 1 N–H and O–H groups in total. The zero-order valence-corrected chi connectivity index (χ0v) is 15.3. The van der Waals surface area contributed by atoms with Crippen molar-refractivity contribution in [3.8, 4) is 10.6 Å². The molecule has 1 aromatic carbocycles. The predicted octanol–water partition coefficient (Wildman–Crippen LogP) is 3.14. The van der Waals surface area contributed by atoms with E-state index >= 15 is 0 Å². The maximum absolute atomic E-state index is 13.9. The summed E-state index contributed by atoms with van der Waals surface area (Å²) in [6.45, 7) is 1.58. The zero-order valence-electron chi connectivity index (χ0n) is 14.5. The maximum Gasteiger partial charge on any atom is 0.263 e. The molecule has 3 aromatic rings. The molecular weight excluding hydrogens is 365 g/mol. The van der Waals surface area contributed by atoms with Gasteiger partial charge in [-0.15, -0.1) is 11.3 Å². The van der Waals surface area contributed by atoms with Crippen LogP contribution in [0.2, 0.25) is 0 Å². The van der Waals surface area contributed by atoms with E-state index in [-0.39, 0.29) is 17.8 Å².